The number of rotatable bonds is 25. The molecule has 1 heterocycles. The van der Waals surface area contributed by atoms with Gasteiger partial charge < -0.3 is 44.0 Å². The first-order valence-electron chi connectivity index (χ1n) is 28.9. The van der Waals surface area contributed by atoms with Crippen molar-refractivity contribution in [1.82, 2.24) is 5.32 Å². The van der Waals surface area contributed by atoms with Crippen LogP contribution in [-0.2, 0) is 52.4 Å². The van der Waals surface area contributed by atoms with Crippen molar-refractivity contribution < 1.29 is 72.2 Å². The molecule has 4 aliphatic carbocycles. The van der Waals surface area contributed by atoms with Crippen LogP contribution < -0.4 is 5.32 Å². The van der Waals surface area contributed by atoms with Gasteiger partial charge in [0.25, 0.3) is 5.91 Å². The average molecular weight is 1150 g/mol. The van der Waals surface area contributed by atoms with Crippen LogP contribution in [0.15, 0.2) is 175 Å². The van der Waals surface area contributed by atoms with Gasteiger partial charge in [0, 0.05) is 38.7 Å². The number of esters is 5. The second kappa shape index (κ2) is 26.8. The van der Waals surface area contributed by atoms with Crippen LogP contribution in [0.5, 0.6) is 0 Å². The highest BCUT2D eigenvalue weighted by atomic mass is 16.6. The molecule has 4 fully saturated rings. The summed E-state index contributed by atoms with van der Waals surface area (Å²) in [5.74, 6) is -7.62. The number of nitrogens with one attached hydrogen (secondary N) is 1. The smallest absolute Gasteiger partial charge is 0.350 e. The first kappa shape index (κ1) is 62.3. The summed E-state index contributed by atoms with van der Waals surface area (Å²) in [7, 11) is 0. The molecule has 444 valence electrons. The first-order valence-corrected chi connectivity index (χ1v) is 28.9. The predicted octanol–water partition coefficient (Wildman–Crippen LogP) is 10.1. The molecule has 3 N–H and O–H groups in total. The summed E-state index contributed by atoms with van der Waals surface area (Å²) >= 11 is 0. The maximum absolute atomic E-state index is 15.7. The zero-order valence-electron chi connectivity index (χ0n) is 48.6. The van der Waals surface area contributed by atoms with Gasteiger partial charge in [-0.1, -0.05) is 147 Å². The van der Waals surface area contributed by atoms with E-state index in [1.165, 1.54) is 26.0 Å². The van der Waals surface area contributed by atoms with E-state index in [-0.39, 0.29) is 48.1 Å². The molecule has 1 amide bonds. The van der Waals surface area contributed by atoms with Gasteiger partial charge >= 0.3 is 29.8 Å². The van der Waals surface area contributed by atoms with Gasteiger partial charge in [0.15, 0.2) is 17.5 Å². The van der Waals surface area contributed by atoms with Crippen molar-refractivity contribution in [1.29, 1.82) is 0 Å². The van der Waals surface area contributed by atoms with E-state index in [0.29, 0.717) is 12.0 Å². The van der Waals surface area contributed by atoms with Crippen LogP contribution in [0, 0.1) is 16.7 Å². The summed E-state index contributed by atoms with van der Waals surface area (Å²) in [6.07, 6.45) is 21.2. The lowest BCUT2D eigenvalue weighted by atomic mass is 9.30. The molecule has 16 heteroatoms. The molecule has 84 heavy (non-hydrogen) atoms. The largest absolute Gasteiger partial charge is 0.455 e. The lowest BCUT2D eigenvalue weighted by Crippen LogP contribution is -2.90. The topological polar surface area (TPSA) is 227 Å². The molecule has 3 saturated carbocycles. The molecule has 16 nitrogen and oxygen atoms in total. The molecule has 2 unspecified atom stereocenters. The third kappa shape index (κ3) is 12.1. The van der Waals surface area contributed by atoms with Crippen molar-refractivity contribution >= 4 is 41.5 Å². The maximum atomic E-state index is 15.7. The van der Waals surface area contributed by atoms with Gasteiger partial charge in [0.1, 0.15) is 29.5 Å². The number of aliphatic hydroxyl groups excluding tert-OH is 1. The number of ether oxygens (including phenoxy) is 6. The summed E-state index contributed by atoms with van der Waals surface area (Å²) in [5.41, 5.74) is -9.23. The minimum absolute atomic E-state index is 0.0207. The van der Waals surface area contributed by atoms with Gasteiger partial charge in [-0.3, -0.25) is 24.0 Å². The molecule has 0 bridgehead atoms. The second-order valence-electron chi connectivity index (χ2n) is 22.5. The first-order chi connectivity index (χ1) is 40.3. The van der Waals surface area contributed by atoms with Gasteiger partial charge in [0.2, 0.25) is 6.10 Å². The van der Waals surface area contributed by atoms with Crippen molar-refractivity contribution in [2.24, 2.45) is 16.7 Å². The molecule has 12 atom stereocenters. The van der Waals surface area contributed by atoms with E-state index in [1.807, 2.05) is 18.2 Å². The number of fused-ring (bicyclic) bond motifs is 3. The highest BCUT2D eigenvalue weighted by Gasteiger charge is 2.90. The summed E-state index contributed by atoms with van der Waals surface area (Å²) in [5, 5.41) is 28.9. The summed E-state index contributed by atoms with van der Waals surface area (Å²) in [6.45, 7) is 8.49. The molecule has 1 saturated heterocycles. The van der Waals surface area contributed by atoms with Gasteiger partial charge in [-0.05, 0) is 107 Å². The molecular weight excluding hydrogens is 1070 g/mol. The van der Waals surface area contributed by atoms with Gasteiger partial charge in [-0.2, -0.15) is 0 Å². The molecular formula is C68H77NO15. The average Bonchev–Trinajstić information content (AvgIpc) is 0.625. The normalized spacial score (nSPS) is 29.4. The van der Waals surface area contributed by atoms with Crippen molar-refractivity contribution in [3.8, 4) is 0 Å². The van der Waals surface area contributed by atoms with Crippen LogP contribution >= 0.6 is 0 Å². The summed E-state index contributed by atoms with van der Waals surface area (Å²) < 4.78 is 37.3. The van der Waals surface area contributed by atoms with Gasteiger partial charge in [0.05, 0.1) is 35.0 Å². The molecule has 5 aliphatic rings. The van der Waals surface area contributed by atoms with E-state index < -0.39 is 118 Å². The Morgan fingerprint density at radius 1 is 0.714 bits per heavy atom. The van der Waals surface area contributed by atoms with E-state index in [9.17, 15) is 34.2 Å². The molecule has 3 aromatic carbocycles. The number of ketones is 1. The predicted molar refractivity (Wildman–Crippen MR) is 312 cm³/mol. The van der Waals surface area contributed by atoms with Crippen molar-refractivity contribution in [3.63, 3.8) is 0 Å². The Hall–Kier alpha value is -7.79. The Morgan fingerprint density at radius 3 is 1.77 bits per heavy atom. The van der Waals surface area contributed by atoms with Crippen LogP contribution in [0.3, 0.4) is 0 Å². The summed E-state index contributed by atoms with van der Waals surface area (Å²) in [6, 6.07) is 23.2. The Labute approximate surface area is 491 Å². The molecule has 0 radical (unpaired) electrons. The van der Waals surface area contributed by atoms with E-state index in [4.69, 9.17) is 28.4 Å². The van der Waals surface area contributed by atoms with Crippen LogP contribution in [0.2, 0.25) is 0 Å². The van der Waals surface area contributed by atoms with E-state index in [1.54, 1.807) is 85.8 Å². The van der Waals surface area contributed by atoms with Gasteiger partial charge in [-0.25, -0.2) is 9.59 Å². The SMILES string of the molecule is CCC=CCC=CCC=CCC=CCC=CCC=CCCC(=O)O[C@@H](C(=O)OC12C[C@@]3(O)[C@@H](OC(=O)c4ccccc4)[C@@H]4[C@]5(OC(C)=O)CO[C@@H]5C[C@H](O)[C@@]4(C)C(=O)[C@H](OC(C)=O)C(=C1C)[C@@]23C)C(NC(=O)c1ccccc1)c1ccccc1. The standard InChI is InChI=1S/C68H77NO15/c1-7-8-9-10-11-12-13-14-15-16-17-18-19-20-21-22-23-24-34-41-53(73)81-57(55(48-35-28-25-29-36-48)69-61(75)49-37-30-26-31-38-49)63(77)84-68-43-67(78)60(82-62(76)50-39-32-27-33-40-50)58-64(5,51(72)42-52-66(58,44-79-52)83-47(4)71)59(74)56(80-46(3)70)54(45(68)2)65(67,68)6/h8-9,11-12,14-15,17-18,20-21,23-33,35-40,51-52,55-58,60,72,78H,7,10,13,16,19,22,34,41-44H2,1-6H3,(H,69,75)/t51-,52+,55?,56+,57+,58-,60-,64+,65+,66-,67+,68?/m0/s1. The lowest BCUT2D eigenvalue weighted by Gasteiger charge is -2.78. The van der Waals surface area contributed by atoms with Gasteiger partial charge in [-0.15, -0.1) is 0 Å². The number of Topliss-reactive ketones (excluding diaryl/α,β-unsaturated/α-hetero) is 1. The molecule has 0 aromatic heterocycles. The Kier molecular flexibility index (Phi) is 19.9. The minimum Gasteiger partial charge on any atom is -0.455 e. The Bertz CT molecular complexity index is 3130. The number of aliphatic hydroxyl groups is 2. The zero-order chi connectivity index (χ0) is 60.3. The number of amides is 1. The highest BCUT2D eigenvalue weighted by molar-refractivity contribution is 5.98. The molecule has 0 spiro atoms. The lowest BCUT2D eigenvalue weighted by molar-refractivity contribution is -0.376. The highest BCUT2D eigenvalue weighted by Crippen LogP contribution is 2.78. The van der Waals surface area contributed by atoms with Crippen molar-refractivity contribution in [3.05, 3.63) is 192 Å². The van der Waals surface area contributed by atoms with E-state index in [0.717, 1.165) is 46.0 Å². The number of benzene rings is 3. The quantitative estimate of drug-likeness (QED) is 0.0407. The fourth-order valence-electron chi connectivity index (χ4n) is 13.1. The van der Waals surface area contributed by atoms with Crippen molar-refractivity contribution in [2.45, 2.75) is 159 Å². The van der Waals surface area contributed by atoms with Crippen LogP contribution in [0.1, 0.15) is 138 Å². The van der Waals surface area contributed by atoms with E-state index in [2.05, 4.69) is 66.9 Å². The third-order valence-corrected chi connectivity index (χ3v) is 17.4. The van der Waals surface area contributed by atoms with E-state index >= 15 is 9.59 Å². The van der Waals surface area contributed by atoms with Crippen LogP contribution in [-0.4, -0.2) is 106 Å². The van der Waals surface area contributed by atoms with Crippen LogP contribution in [0.4, 0.5) is 0 Å². The number of hydrogen-bond donors (Lipinski definition) is 3. The number of carbonyl (C=O) groups excluding carboxylic acids is 7. The maximum Gasteiger partial charge on any atom is 0.350 e. The van der Waals surface area contributed by atoms with Crippen LogP contribution in [0.25, 0.3) is 0 Å². The van der Waals surface area contributed by atoms with Crippen molar-refractivity contribution in [2.75, 3.05) is 6.61 Å². The third-order valence-electron chi connectivity index (χ3n) is 17.4. The molecule has 1 aliphatic heterocycles. The monoisotopic (exact) mass is 1150 g/mol. The number of carbonyl (C=O) groups is 7. The molecule has 8 rings (SSSR count). The zero-order valence-corrected chi connectivity index (χ0v) is 48.6. The minimum atomic E-state index is -2.37. The number of hydrogen-bond acceptors (Lipinski definition) is 15. The Balaban J connectivity index is 1.10. The fraction of sp³-hybridized carbons (Fsp3) is 0.426. The molecule has 3 aromatic rings. The summed E-state index contributed by atoms with van der Waals surface area (Å²) in [4.78, 5) is 100. The fourth-order valence-corrected chi connectivity index (χ4v) is 13.1. The second-order valence-corrected chi connectivity index (χ2v) is 22.5. The Morgan fingerprint density at radius 2 is 1.25 bits per heavy atom. The number of allylic oxidation sites excluding steroid dienone is 12.